The fraction of sp³-hybridized carbons (Fsp3) is 0.333. The van der Waals surface area contributed by atoms with E-state index < -0.39 is 23.8 Å². The number of nitrogens with one attached hydrogen (secondary N) is 1. The zero-order chi connectivity index (χ0) is 12.3. The van der Waals surface area contributed by atoms with E-state index in [9.17, 15) is 18.0 Å². The smallest absolute Gasteiger partial charge is 0.417 e. The van der Waals surface area contributed by atoms with Gasteiger partial charge in [0.1, 0.15) is 11.9 Å². The molecule has 0 amide bonds. The standard InChI is InChI=1S/C9H9F3N2O2/c1-5(8(15)16)14-7-3-2-6(4-13-7)9(10,11)12/h2-5H,1H3,(H,13,14)(H,15,16)/t5-/m1/s1. The first-order valence-corrected chi connectivity index (χ1v) is 4.33. The number of rotatable bonds is 3. The summed E-state index contributed by atoms with van der Waals surface area (Å²) in [4.78, 5) is 13.9. The van der Waals surface area contributed by atoms with Crippen molar-refractivity contribution in [3.05, 3.63) is 23.9 Å². The summed E-state index contributed by atoms with van der Waals surface area (Å²) >= 11 is 0. The van der Waals surface area contributed by atoms with Gasteiger partial charge < -0.3 is 10.4 Å². The van der Waals surface area contributed by atoms with Gasteiger partial charge in [-0.25, -0.2) is 4.98 Å². The van der Waals surface area contributed by atoms with Gasteiger partial charge in [-0.05, 0) is 19.1 Å². The van der Waals surface area contributed by atoms with E-state index in [1.54, 1.807) is 0 Å². The molecule has 88 valence electrons. The van der Waals surface area contributed by atoms with E-state index in [-0.39, 0.29) is 5.82 Å². The van der Waals surface area contributed by atoms with Gasteiger partial charge in [-0.1, -0.05) is 0 Å². The maximum Gasteiger partial charge on any atom is 0.417 e. The highest BCUT2D eigenvalue weighted by atomic mass is 19.4. The van der Waals surface area contributed by atoms with Crippen LogP contribution in [0.2, 0.25) is 0 Å². The highest BCUT2D eigenvalue weighted by molar-refractivity contribution is 5.76. The lowest BCUT2D eigenvalue weighted by Gasteiger charge is -2.11. The Morgan fingerprint density at radius 3 is 2.50 bits per heavy atom. The number of pyridine rings is 1. The van der Waals surface area contributed by atoms with Crippen LogP contribution in [0, 0.1) is 0 Å². The maximum absolute atomic E-state index is 12.2. The minimum Gasteiger partial charge on any atom is -0.480 e. The van der Waals surface area contributed by atoms with Crippen LogP contribution in [0.5, 0.6) is 0 Å². The van der Waals surface area contributed by atoms with Crippen LogP contribution in [-0.2, 0) is 11.0 Å². The van der Waals surface area contributed by atoms with Crippen molar-refractivity contribution in [3.8, 4) is 0 Å². The molecular weight excluding hydrogens is 225 g/mol. The van der Waals surface area contributed by atoms with Crippen molar-refractivity contribution < 1.29 is 23.1 Å². The number of hydrogen-bond acceptors (Lipinski definition) is 3. The number of carboxylic acid groups (broad SMARTS) is 1. The second kappa shape index (κ2) is 4.38. The molecule has 1 rings (SSSR count). The highest BCUT2D eigenvalue weighted by Gasteiger charge is 2.30. The van der Waals surface area contributed by atoms with Crippen molar-refractivity contribution in [1.82, 2.24) is 4.98 Å². The van der Waals surface area contributed by atoms with Gasteiger partial charge in [0.15, 0.2) is 0 Å². The normalized spacial score (nSPS) is 13.2. The molecule has 2 N–H and O–H groups in total. The Morgan fingerprint density at radius 2 is 2.12 bits per heavy atom. The number of aliphatic carboxylic acids is 1. The summed E-state index contributed by atoms with van der Waals surface area (Å²) in [7, 11) is 0. The van der Waals surface area contributed by atoms with Crippen LogP contribution in [0.15, 0.2) is 18.3 Å². The Labute approximate surface area is 89.1 Å². The summed E-state index contributed by atoms with van der Waals surface area (Å²) in [6.07, 6.45) is -3.79. The lowest BCUT2D eigenvalue weighted by molar-refractivity contribution is -0.138. The van der Waals surface area contributed by atoms with E-state index in [1.807, 2.05) is 0 Å². The molecule has 0 aliphatic heterocycles. The van der Waals surface area contributed by atoms with E-state index in [1.165, 1.54) is 6.92 Å². The Kier molecular flexibility index (Phi) is 3.36. The predicted octanol–water partition coefficient (Wildman–Crippen LogP) is 1.99. The van der Waals surface area contributed by atoms with Crippen molar-refractivity contribution >= 4 is 11.8 Å². The highest BCUT2D eigenvalue weighted by Crippen LogP contribution is 2.28. The van der Waals surface area contributed by atoms with Gasteiger partial charge in [-0.3, -0.25) is 4.79 Å². The number of carboxylic acids is 1. The third-order valence-corrected chi connectivity index (χ3v) is 1.83. The van der Waals surface area contributed by atoms with Gasteiger partial charge in [0.25, 0.3) is 0 Å². The molecule has 16 heavy (non-hydrogen) atoms. The van der Waals surface area contributed by atoms with Gasteiger partial charge in [-0.2, -0.15) is 13.2 Å². The van der Waals surface area contributed by atoms with Crippen LogP contribution in [0.1, 0.15) is 12.5 Å². The van der Waals surface area contributed by atoms with E-state index in [2.05, 4.69) is 10.3 Å². The fourth-order valence-electron chi connectivity index (χ4n) is 0.930. The third-order valence-electron chi connectivity index (χ3n) is 1.83. The predicted molar refractivity (Wildman–Crippen MR) is 50.0 cm³/mol. The number of anilines is 1. The Balaban J connectivity index is 2.76. The summed E-state index contributed by atoms with van der Waals surface area (Å²) in [5.74, 6) is -1.02. The average molecular weight is 234 g/mol. The number of nitrogens with zero attached hydrogens (tertiary/aromatic N) is 1. The molecule has 1 aromatic heterocycles. The molecule has 0 fully saturated rings. The maximum atomic E-state index is 12.2. The molecular formula is C9H9F3N2O2. The van der Waals surface area contributed by atoms with Crippen molar-refractivity contribution in [3.63, 3.8) is 0 Å². The lowest BCUT2D eigenvalue weighted by atomic mass is 10.2. The van der Waals surface area contributed by atoms with Crippen molar-refractivity contribution in [2.45, 2.75) is 19.1 Å². The van der Waals surface area contributed by atoms with Crippen molar-refractivity contribution in [1.29, 1.82) is 0 Å². The first kappa shape index (κ1) is 12.3. The number of carbonyl (C=O) groups is 1. The summed E-state index contributed by atoms with van der Waals surface area (Å²) < 4.78 is 36.5. The van der Waals surface area contributed by atoms with Gasteiger partial charge in [0, 0.05) is 6.20 Å². The van der Waals surface area contributed by atoms with Crippen LogP contribution < -0.4 is 5.32 Å². The second-order valence-electron chi connectivity index (χ2n) is 3.13. The molecule has 0 bridgehead atoms. The molecule has 0 saturated carbocycles. The van der Waals surface area contributed by atoms with Gasteiger partial charge in [0.2, 0.25) is 0 Å². The number of halogens is 3. The lowest BCUT2D eigenvalue weighted by Crippen LogP contribution is -2.25. The zero-order valence-corrected chi connectivity index (χ0v) is 8.25. The van der Waals surface area contributed by atoms with Gasteiger partial charge in [-0.15, -0.1) is 0 Å². The monoisotopic (exact) mass is 234 g/mol. The Bertz CT molecular complexity index is 375. The largest absolute Gasteiger partial charge is 0.480 e. The summed E-state index contributed by atoms with van der Waals surface area (Å²) in [6.45, 7) is 1.36. The molecule has 1 aromatic rings. The zero-order valence-electron chi connectivity index (χ0n) is 8.25. The second-order valence-corrected chi connectivity index (χ2v) is 3.13. The van der Waals surface area contributed by atoms with Crippen LogP contribution >= 0.6 is 0 Å². The molecule has 1 heterocycles. The van der Waals surface area contributed by atoms with Crippen LogP contribution in [0.3, 0.4) is 0 Å². The molecule has 0 aromatic carbocycles. The van der Waals surface area contributed by atoms with Crippen LogP contribution in [0.25, 0.3) is 0 Å². The summed E-state index contributed by atoms with van der Waals surface area (Å²) in [5, 5.41) is 11.0. The van der Waals surface area contributed by atoms with E-state index in [0.717, 1.165) is 12.1 Å². The first-order valence-electron chi connectivity index (χ1n) is 4.33. The summed E-state index contributed by atoms with van der Waals surface area (Å²) in [6, 6.07) is 1.01. The van der Waals surface area contributed by atoms with E-state index >= 15 is 0 Å². The molecule has 0 saturated heterocycles. The van der Waals surface area contributed by atoms with E-state index in [4.69, 9.17) is 5.11 Å². The van der Waals surface area contributed by atoms with Crippen LogP contribution in [0.4, 0.5) is 19.0 Å². The topological polar surface area (TPSA) is 62.2 Å². The molecule has 0 radical (unpaired) electrons. The number of hydrogen-bond donors (Lipinski definition) is 2. The minimum atomic E-state index is -4.44. The number of alkyl halides is 3. The van der Waals surface area contributed by atoms with Gasteiger partial charge >= 0.3 is 12.1 Å². The molecule has 0 aliphatic rings. The first-order chi connectivity index (χ1) is 7.30. The van der Waals surface area contributed by atoms with Crippen molar-refractivity contribution in [2.75, 3.05) is 5.32 Å². The average Bonchev–Trinajstić information content (AvgIpc) is 2.17. The molecule has 0 aliphatic carbocycles. The molecule has 7 heteroatoms. The minimum absolute atomic E-state index is 0.0860. The molecule has 0 unspecified atom stereocenters. The SMILES string of the molecule is C[C@@H](Nc1ccc(C(F)(F)F)cn1)C(=O)O. The third kappa shape index (κ3) is 3.11. The Hall–Kier alpha value is -1.79. The molecule has 1 atom stereocenters. The number of aromatic nitrogens is 1. The van der Waals surface area contributed by atoms with E-state index in [0.29, 0.717) is 6.20 Å². The van der Waals surface area contributed by atoms with Crippen LogP contribution in [-0.4, -0.2) is 22.1 Å². The molecule has 4 nitrogen and oxygen atoms in total. The molecule has 0 spiro atoms. The quantitative estimate of drug-likeness (QED) is 0.839. The van der Waals surface area contributed by atoms with Crippen molar-refractivity contribution in [2.24, 2.45) is 0 Å². The Morgan fingerprint density at radius 1 is 1.50 bits per heavy atom. The summed E-state index contributed by atoms with van der Waals surface area (Å²) in [5.41, 5.74) is -0.874. The fourth-order valence-corrected chi connectivity index (χ4v) is 0.930. The van der Waals surface area contributed by atoms with Gasteiger partial charge in [0.05, 0.1) is 5.56 Å².